The molecule has 2 aromatic carbocycles. The van der Waals surface area contributed by atoms with E-state index in [4.69, 9.17) is 9.84 Å². The van der Waals surface area contributed by atoms with Crippen LogP contribution in [0.4, 0.5) is 0 Å². The normalized spacial score (nSPS) is 10.8. The van der Waals surface area contributed by atoms with Crippen molar-refractivity contribution in [1.29, 1.82) is 0 Å². The van der Waals surface area contributed by atoms with E-state index in [0.717, 1.165) is 17.5 Å². The lowest BCUT2D eigenvalue weighted by atomic mass is 9.93. The second-order valence-electron chi connectivity index (χ2n) is 6.29. The van der Waals surface area contributed by atoms with Crippen LogP contribution >= 0.6 is 0 Å². The van der Waals surface area contributed by atoms with Crippen LogP contribution in [0.3, 0.4) is 0 Å². The standard InChI is InChI=1S/C20H24O3/c1-13(2)17-7-5-6-16(10-17)11-19-14(3)8-18(9-15(19)4)23-12-20(21)22/h5-10,13H,11-12H2,1-4H3,(H,21,22). The van der Waals surface area contributed by atoms with Crippen LogP contribution in [-0.4, -0.2) is 17.7 Å². The number of aliphatic carboxylic acids is 1. The predicted octanol–water partition coefficient (Wildman–Crippen LogP) is 4.48. The fourth-order valence-electron chi connectivity index (χ4n) is 2.73. The van der Waals surface area contributed by atoms with E-state index in [-0.39, 0.29) is 6.61 Å². The van der Waals surface area contributed by atoms with Crippen LogP contribution < -0.4 is 4.74 Å². The summed E-state index contributed by atoms with van der Waals surface area (Å²) in [6.45, 7) is 8.17. The van der Waals surface area contributed by atoms with Gasteiger partial charge in [0.15, 0.2) is 6.61 Å². The molecule has 0 aliphatic carbocycles. The Hall–Kier alpha value is -2.29. The number of carbonyl (C=O) groups is 1. The number of carboxylic acids is 1. The molecule has 0 aliphatic rings. The third-order valence-electron chi connectivity index (χ3n) is 4.03. The number of carboxylic acid groups (broad SMARTS) is 1. The molecular weight excluding hydrogens is 288 g/mol. The van der Waals surface area contributed by atoms with Crippen molar-refractivity contribution in [2.45, 2.75) is 40.0 Å². The second kappa shape index (κ2) is 7.32. The zero-order chi connectivity index (χ0) is 17.0. The van der Waals surface area contributed by atoms with Gasteiger partial charge in [0, 0.05) is 0 Å². The van der Waals surface area contributed by atoms with Crippen LogP contribution in [0.15, 0.2) is 36.4 Å². The Bertz CT molecular complexity index is 679. The van der Waals surface area contributed by atoms with E-state index in [1.807, 2.05) is 26.0 Å². The zero-order valence-electron chi connectivity index (χ0n) is 14.2. The molecule has 0 saturated carbocycles. The van der Waals surface area contributed by atoms with Gasteiger partial charge in [0.2, 0.25) is 0 Å². The maximum atomic E-state index is 10.6. The van der Waals surface area contributed by atoms with E-state index in [1.165, 1.54) is 16.7 Å². The maximum absolute atomic E-state index is 10.6. The molecule has 3 heteroatoms. The molecule has 0 atom stereocenters. The molecular formula is C20H24O3. The molecule has 3 nitrogen and oxygen atoms in total. The van der Waals surface area contributed by atoms with Gasteiger partial charge < -0.3 is 9.84 Å². The van der Waals surface area contributed by atoms with Crippen LogP contribution in [-0.2, 0) is 11.2 Å². The Morgan fingerprint density at radius 3 is 2.35 bits per heavy atom. The summed E-state index contributed by atoms with van der Waals surface area (Å²) in [5.74, 6) is 0.168. The van der Waals surface area contributed by atoms with Crippen LogP contribution in [0.5, 0.6) is 5.75 Å². The van der Waals surface area contributed by atoms with Crippen molar-refractivity contribution >= 4 is 5.97 Å². The lowest BCUT2D eigenvalue weighted by Crippen LogP contribution is -2.10. The molecule has 0 radical (unpaired) electrons. The smallest absolute Gasteiger partial charge is 0.341 e. The van der Waals surface area contributed by atoms with Gasteiger partial charge in [-0.3, -0.25) is 0 Å². The summed E-state index contributed by atoms with van der Waals surface area (Å²) in [6.07, 6.45) is 0.872. The number of aryl methyl sites for hydroxylation is 2. The van der Waals surface area contributed by atoms with Gasteiger partial charge in [-0.25, -0.2) is 4.79 Å². The third kappa shape index (κ3) is 4.59. The van der Waals surface area contributed by atoms with E-state index < -0.39 is 5.97 Å². The Labute approximate surface area is 137 Å². The van der Waals surface area contributed by atoms with Crippen LogP contribution in [0, 0.1) is 13.8 Å². The molecule has 0 saturated heterocycles. The minimum atomic E-state index is -0.963. The summed E-state index contributed by atoms with van der Waals surface area (Å²) in [5.41, 5.74) is 6.16. The first-order chi connectivity index (χ1) is 10.9. The van der Waals surface area contributed by atoms with Crippen molar-refractivity contribution in [3.63, 3.8) is 0 Å². The monoisotopic (exact) mass is 312 g/mol. The highest BCUT2D eigenvalue weighted by Gasteiger charge is 2.09. The van der Waals surface area contributed by atoms with Gasteiger partial charge >= 0.3 is 5.97 Å². The van der Waals surface area contributed by atoms with Crippen molar-refractivity contribution in [3.05, 3.63) is 64.2 Å². The quantitative estimate of drug-likeness (QED) is 0.855. The van der Waals surface area contributed by atoms with Crippen LogP contribution in [0.25, 0.3) is 0 Å². The molecule has 23 heavy (non-hydrogen) atoms. The average Bonchev–Trinajstić information content (AvgIpc) is 2.49. The average molecular weight is 312 g/mol. The Balaban J connectivity index is 2.23. The SMILES string of the molecule is Cc1cc(OCC(=O)O)cc(C)c1Cc1cccc(C(C)C)c1. The number of rotatable bonds is 6. The highest BCUT2D eigenvalue weighted by Crippen LogP contribution is 2.25. The van der Waals surface area contributed by atoms with E-state index in [0.29, 0.717) is 11.7 Å². The Kier molecular flexibility index (Phi) is 5.43. The van der Waals surface area contributed by atoms with E-state index in [9.17, 15) is 4.79 Å². The van der Waals surface area contributed by atoms with E-state index >= 15 is 0 Å². The first-order valence-electron chi connectivity index (χ1n) is 7.90. The Morgan fingerprint density at radius 2 is 1.78 bits per heavy atom. The number of hydrogen-bond acceptors (Lipinski definition) is 2. The van der Waals surface area contributed by atoms with Gasteiger partial charge in [-0.1, -0.05) is 38.1 Å². The summed E-state index contributed by atoms with van der Waals surface area (Å²) >= 11 is 0. The van der Waals surface area contributed by atoms with Crippen LogP contribution in [0.1, 0.15) is 47.6 Å². The van der Waals surface area contributed by atoms with Gasteiger partial charge in [0.1, 0.15) is 5.75 Å². The summed E-state index contributed by atoms with van der Waals surface area (Å²) in [6, 6.07) is 12.5. The number of hydrogen-bond donors (Lipinski definition) is 1. The van der Waals surface area contributed by atoms with Crippen molar-refractivity contribution in [1.82, 2.24) is 0 Å². The van der Waals surface area contributed by atoms with Gasteiger partial charge in [-0.15, -0.1) is 0 Å². The molecule has 0 fully saturated rings. The van der Waals surface area contributed by atoms with Crippen LogP contribution in [0.2, 0.25) is 0 Å². The molecule has 0 amide bonds. The minimum Gasteiger partial charge on any atom is -0.482 e. The molecule has 2 aromatic rings. The van der Waals surface area contributed by atoms with E-state index in [2.05, 4.69) is 38.1 Å². The minimum absolute atomic E-state index is 0.311. The predicted molar refractivity (Wildman–Crippen MR) is 92.4 cm³/mol. The van der Waals surface area contributed by atoms with Gasteiger partial charge in [0.05, 0.1) is 0 Å². The van der Waals surface area contributed by atoms with Crippen molar-refractivity contribution in [3.8, 4) is 5.75 Å². The van der Waals surface area contributed by atoms with Gasteiger partial charge in [0.25, 0.3) is 0 Å². The summed E-state index contributed by atoms with van der Waals surface area (Å²) in [7, 11) is 0. The summed E-state index contributed by atoms with van der Waals surface area (Å²) in [4.78, 5) is 10.6. The molecule has 0 aliphatic heterocycles. The second-order valence-corrected chi connectivity index (χ2v) is 6.29. The molecule has 1 N–H and O–H groups in total. The zero-order valence-corrected chi connectivity index (χ0v) is 14.2. The fourth-order valence-corrected chi connectivity index (χ4v) is 2.73. The third-order valence-corrected chi connectivity index (χ3v) is 4.03. The first-order valence-corrected chi connectivity index (χ1v) is 7.90. The molecule has 0 unspecified atom stereocenters. The molecule has 122 valence electrons. The van der Waals surface area contributed by atoms with Gasteiger partial charge in [-0.2, -0.15) is 0 Å². The lowest BCUT2D eigenvalue weighted by Gasteiger charge is -2.14. The molecule has 0 aromatic heterocycles. The molecule has 0 heterocycles. The number of benzene rings is 2. The summed E-state index contributed by atoms with van der Waals surface area (Å²) < 4.78 is 5.29. The van der Waals surface area contributed by atoms with Gasteiger partial charge in [-0.05, 0) is 66.1 Å². The lowest BCUT2D eigenvalue weighted by molar-refractivity contribution is -0.139. The highest BCUT2D eigenvalue weighted by molar-refractivity contribution is 5.68. The van der Waals surface area contributed by atoms with Crippen molar-refractivity contribution in [2.24, 2.45) is 0 Å². The van der Waals surface area contributed by atoms with Crippen molar-refractivity contribution < 1.29 is 14.6 Å². The fraction of sp³-hybridized carbons (Fsp3) is 0.350. The molecule has 2 rings (SSSR count). The first kappa shape index (κ1) is 17.1. The van der Waals surface area contributed by atoms with Crippen molar-refractivity contribution in [2.75, 3.05) is 6.61 Å². The topological polar surface area (TPSA) is 46.5 Å². The molecule has 0 bridgehead atoms. The highest BCUT2D eigenvalue weighted by atomic mass is 16.5. The van der Waals surface area contributed by atoms with E-state index in [1.54, 1.807) is 0 Å². The molecule has 0 spiro atoms. The Morgan fingerprint density at radius 1 is 1.13 bits per heavy atom. The maximum Gasteiger partial charge on any atom is 0.341 e. The number of ether oxygens (including phenoxy) is 1. The summed E-state index contributed by atoms with van der Waals surface area (Å²) in [5, 5.41) is 8.71. The largest absolute Gasteiger partial charge is 0.482 e.